The zero-order chi connectivity index (χ0) is 29.0. The van der Waals surface area contributed by atoms with Crippen LogP contribution in [0, 0.1) is 17.8 Å². The standard InChI is InChI=1S/C39H40N2OS/c1-21-8-6-13-34-36(21)38-35(43-34)17-15-26-25-9-4-5-11-30(25)41(39(26)38)31-12-7-10-29(40)37(31)24-14-16-32-28(20-24)27-18-22(2)23(3)19-33(27)42-32/h4-5,7,9-11,14-17,20-23,28,31-32H,6,8,12-13,18-19,40H2,1-3H3. The molecule has 2 aromatic heterocycles. The van der Waals surface area contributed by atoms with Crippen molar-refractivity contribution in [3.63, 3.8) is 0 Å². The molecule has 3 heterocycles. The first-order chi connectivity index (χ1) is 21.0. The number of fused-ring (bicyclic) bond motifs is 9. The summed E-state index contributed by atoms with van der Waals surface area (Å²) in [5, 5.41) is 4.20. The molecule has 43 heavy (non-hydrogen) atoms. The molecule has 9 rings (SSSR count). The monoisotopic (exact) mass is 584 g/mol. The molecule has 4 aliphatic carbocycles. The van der Waals surface area contributed by atoms with Crippen LogP contribution in [-0.4, -0.2) is 10.7 Å². The maximum atomic E-state index is 6.99. The molecule has 0 spiro atoms. The Labute approximate surface area is 258 Å². The van der Waals surface area contributed by atoms with Gasteiger partial charge in [0.1, 0.15) is 6.10 Å². The predicted octanol–water partition coefficient (Wildman–Crippen LogP) is 9.99. The fourth-order valence-electron chi connectivity index (χ4n) is 8.96. The summed E-state index contributed by atoms with van der Waals surface area (Å²) in [6, 6.07) is 13.9. The second-order valence-corrected chi connectivity index (χ2v) is 15.0. The molecule has 3 nitrogen and oxygen atoms in total. The first-order valence-corrected chi connectivity index (χ1v) is 17.2. The van der Waals surface area contributed by atoms with Gasteiger partial charge in [-0.25, -0.2) is 0 Å². The number of aromatic nitrogens is 1. The van der Waals surface area contributed by atoms with Crippen LogP contribution in [0.15, 0.2) is 95.0 Å². The van der Waals surface area contributed by atoms with Crippen molar-refractivity contribution in [3.05, 3.63) is 105 Å². The summed E-state index contributed by atoms with van der Waals surface area (Å²) in [5.74, 6) is 3.53. The van der Waals surface area contributed by atoms with Crippen LogP contribution in [0.5, 0.6) is 0 Å². The number of hydrogen-bond donors (Lipinski definition) is 1. The van der Waals surface area contributed by atoms with Gasteiger partial charge in [0.05, 0.1) is 17.3 Å². The highest BCUT2D eigenvalue weighted by Gasteiger charge is 2.41. The van der Waals surface area contributed by atoms with Gasteiger partial charge in [0, 0.05) is 54.9 Å². The molecule has 0 amide bonds. The maximum absolute atomic E-state index is 6.99. The fourth-order valence-corrected chi connectivity index (χ4v) is 10.3. The summed E-state index contributed by atoms with van der Waals surface area (Å²) in [6.45, 7) is 7.21. The van der Waals surface area contributed by atoms with Gasteiger partial charge in [-0.3, -0.25) is 0 Å². The van der Waals surface area contributed by atoms with E-state index >= 15 is 0 Å². The molecule has 6 atom stereocenters. The topological polar surface area (TPSA) is 40.2 Å². The highest BCUT2D eigenvalue weighted by atomic mass is 32.1. The minimum atomic E-state index is 0.123. The van der Waals surface area contributed by atoms with E-state index in [0.29, 0.717) is 23.7 Å². The molecule has 0 bridgehead atoms. The summed E-state index contributed by atoms with van der Waals surface area (Å²) >= 11 is 2.03. The lowest BCUT2D eigenvalue weighted by atomic mass is 9.75. The Hall–Kier alpha value is -3.50. The van der Waals surface area contributed by atoms with Gasteiger partial charge in [0.25, 0.3) is 0 Å². The van der Waals surface area contributed by atoms with Crippen molar-refractivity contribution in [2.24, 2.45) is 23.5 Å². The molecule has 5 aliphatic rings. The minimum absolute atomic E-state index is 0.123. The van der Waals surface area contributed by atoms with Gasteiger partial charge in [0.15, 0.2) is 0 Å². The number of aryl methyl sites for hydroxylation is 1. The van der Waals surface area contributed by atoms with E-state index < -0.39 is 0 Å². The molecule has 0 fully saturated rings. The number of nitrogens with zero attached hydrogens (tertiary/aromatic N) is 1. The lowest BCUT2D eigenvalue weighted by Crippen LogP contribution is -2.23. The van der Waals surface area contributed by atoms with Crippen molar-refractivity contribution in [2.45, 2.75) is 77.4 Å². The summed E-state index contributed by atoms with van der Waals surface area (Å²) < 4.78 is 10.7. The Balaban J connectivity index is 1.26. The number of ether oxygens (including phenoxy) is 1. The van der Waals surface area contributed by atoms with E-state index in [4.69, 9.17) is 10.5 Å². The maximum Gasteiger partial charge on any atom is 0.127 e. The Morgan fingerprint density at radius 2 is 1.84 bits per heavy atom. The molecule has 4 aromatic rings. The first-order valence-electron chi connectivity index (χ1n) is 16.4. The molecule has 1 aliphatic heterocycles. The van der Waals surface area contributed by atoms with Crippen molar-refractivity contribution < 1.29 is 4.74 Å². The van der Waals surface area contributed by atoms with Crippen LogP contribution in [0.4, 0.5) is 0 Å². The van der Waals surface area contributed by atoms with E-state index in [1.807, 2.05) is 11.3 Å². The molecule has 218 valence electrons. The smallest absolute Gasteiger partial charge is 0.127 e. The summed E-state index contributed by atoms with van der Waals surface area (Å²) in [5.41, 5.74) is 16.3. The molecule has 4 heteroatoms. The highest BCUT2D eigenvalue weighted by Crippen LogP contribution is 2.51. The fraction of sp³-hybridized carbons (Fsp3) is 0.385. The van der Waals surface area contributed by atoms with Gasteiger partial charge in [-0.15, -0.1) is 11.3 Å². The summed E-state index contributed by atoms with van der Waals surface area (Å²) in [4.78, 5) is 1.60. The van der Waals surface area contributed by atoms with Gasteiger partial charge in [0.2, 0.25) is 0 Å². The molecule has 0 saturated heterocycles. The molecular weight excluding hydrogens is 545 g/mol. The van der Waals surface area contributed by atoms with Gasteiger partial charge < -0.3 is 15.0 Å². The number of nitrogens with two attached hydrogens (primary N) is 1. The van der Waals surface area contributed by atoms with Crippen LogP contribution in [0.3, 0.4) is 0 Å². The van der Waals surface area contributed by atoms with Gasteiger partial charge >= 0.3 is 0 Å². The van der Waals surface area contributed by atoms with Crippen LogP contribution in [0.2, 0.25) is 0 Å². The second-order valence-electron chi connectivity index (χ2n) is 13.9. The third-order valence-electron chi connectivity index (χ3n) is 11.3. The van der Waals surface area contributed by atoms with Crippen LogP contribution < -0.4 is 5.73 Å². The van der Waals surface area contributed by atoms with Crippen LogP contribution in [0.25, 0.3) is 31.9 Å². The number of rotatable bonds is 2. The van der Waals surface area contributed by atoms with Gasteiger partial charge in [-0.1, -0.05) is 63.3 Å². The number of benzene rings is 2. The summed E-state index contributed by atoms with van der Waals surface area (Å²) in [6.07, 6.45) is 18.6. The number of thiophene rings is 1. The number of para-hydroxylation sites is 1. The predicted molar refractivity (Wildman–Crippen MR) is 180 cm³/mol. The quantitative estimate of drug-likeness (QED) is 0.255. The van der Waals surface area contributed by atoms with E-state index in [0.717, 1.165) is 25.0 Å². The SMILES string of the molecule is CC1CCCc2sc3ccc4c5ccccc5n(C5CC=CC(N)=C5C5=CC6C7=C(CC(C)C(C)C7)OC6C=C5)c4c3c21. The normalized spacial score (nSPS) is 30.2. The Bertz CT molecular complexity index is 1990. The Morgan fingerprint density at radius 1 is 0.977 bits per heavy atom. The largest absolute Gasteiger partial charge is 0.490 e. The number of allylic oxidation sites excluding steroid dienone is 6. The molecular formula is C39H40N2OS. The second kappa shape index (κ2) is 9.50. The Kier molecular flexibility index (Phi) is 5.73. The number of hydrogen-bond acceptors (Lipinski definition) is 3. The molecule has 2 N–H and O–H groups in total. The van der Waals surface area contributed by atoms with E-state index in [9.17, 15) is 0 Å². The highest BCUT2D eigenvalue weighted by molar-refractivity contribution is 7.19. The van der Waals surface area contributed by atoms with Crippen LogP contribution in [0.1, 0.15) is 75.3 Å². The van der Waals surface area contributed by atoms with E-state index in [1.54, 1.807) is 10.4 Å². The summed E-state index contributed by atoms with van der Waals surface area (Å²) in [7, 11) is 0. The van der Waals surface area contributed by atoms with Crippen molar-refractivity contribution in [1.29, 1.82) is 0 Å². The van der Waals surface area contributed by atoms with Crippen molar-refractivity contribution in [3.8, 4) is 0 Å². The van der Waals surface area contributed by atoms with E-state index in [-0.39, 0.29) is 12.1 Å². The molecule has 0 radical (unpaired) electrons. The first kappa shape index (κ1) is 25.9. The zero-order valence-electron chi connectivity index (χ0n) is 25.4. The van der Waals surface area contributed by atoms with Gasteiger partial charge in [-0.2, -0.15) is 0 Å². The van der Waals surface area contributed by atoms with E-state index in [1.165, 1.54) is 73.6 Å². The molecule has 2 aromatic carbocycles. The Morgan fingerprint density at radius 3 is 2.74 bits per heavy atom. The molecule has 0 saturated carbocycles. The lowest BCUT2D eigenvalue weighted by molar-refractivity contribution is 0.147. The average Bonchev–Trinajstić information content (AvgIpc) is 3.66. The van der Waals surface area contributed by atoms with Crippen molar-refractivity contribution in [2.75, 3.05) is 0 Å². The lowest BCUT2D eigenvalue weighted by Gasteiger charge is -2.31. The zero-order valence-corrected chi connectivity index (χ0v) is 26.2. The van der Waals surface area contributed by atoms with Crippen LogP contribution >= 0.6 is 11.3 Å². The third kappa shape index (κ3) is 3.72. The average molecular weight is 585 g/mol. The van der Waals surface area contributed by atoms with Crippen molar-refractivity contribution >= 4 is 43.2 Å². The van der Waals surface area contributed by atoms with E-state index in [2.05, 4.69) is 92.1 Å². The molecule has 6 unspecified atom stereocenters. The minimum Gasteiger partial charge on any atom is -0.490 e. The van der Waals surface area contributed by atoms with Crippen molar-refractivity contribution in [1.82, 2.24) is 4.57 Å². The third-order valence-corrected chi connectivity index (χ3v) is 12.6. The van der Waals surface area contributed by atoms with Crippen LogP contribution in [-0.2, 0) is 11.2 Å². The van der Waals surface area contributed by atoms with Gasteiger partial charge in [-0.05, 0) is 90.9 Å².